The summed E-state index contributed by atoms with van der Waals surface area (Å²) in [4.78, 5) is 0.395. The first-order chi connectivity index (χ1) is 11.5. The largest absolute Gasteiger partial charge is 0.459 e. The number of nitrogens with zero attached hydrogens (tertiary/aromatic N) is 1. The lowest BCUT2D eigenvalue weighted by Crippen LogP contribution is -2.48. The fraction of sp³-hybridized carbons (Fsp3) is 0.700. The Morgan fingerprint density at radius 3 is 2.28 bits per heavy atom. The first kappa shape index (κ1) is 18.7. The predicted molar refractivity (Wildman–Crippen MR) is 92.0 cm³/mol. The van der Waals surface area contributed by atoms with E-state index in [0.29, 0.717) is 10.8 Å². The third-order valence-corrected chi connectivity index (χ3v) is 7.31. The fourth-order valence-electron chi connectivity index (χ4n) is 5.18. The van der Waals surface area contributed by atoms with E-state index in [1.165, 1.54) is 6.42 Å². The van der Waals surface area contributed by atoms with Crippen molar-refractivity contribution in [2.75, 3.05) is 20.2 Å². The summed E-state index contributed by atoms with van der Waals surface area (Å²) in [6.07, 6.45) is -1.21. The second-order valence-corrected chi connectivity index (χ2v) is 8.42. The Kier molecular flexibility index (Phi) is 4.48. The Balaban J connectivity index is 1.89. The number of hydrogen-bond donors (Lipinski definition) is 0. The Hall–Kier alpha value is -1.07. The molecular formula is C20H28F3NO. The molecule has 3 rings (SSSR count). The zero-order valence-corrected chi connectivity index (χ0v) is 15.5. The third kappa shape index (κ3) is 2.71. The number of fused-ring (bicyclic) bond motifs is 2. The highest BCUT2D eigenvalue weighted by Crippen LogP contribution is 2.73. The number of benzene rings is 1. The van der Waals surface area contributed by atoms with Gasteiger partial charge in [0.25, 0.3) is 0 Å². The molecule has 3 atom stereocenters. The minimum absolute atomic E-state index is 0.0727. The SMILES string of the molecule is CN(CCOC1(c2ccccc2)CC2CCC1(C)C2(C)C)C(F)(F)F. The van der Waals surface area contributed by atoms with Crippen LogP contribution in [-0.2, 0) is 10.3 Å². The molecule has 0 aliphatic heterocycles. The van der Waals surface area contributed by atoms with Crippen molar-refractivity contribution < 1.29 is 17.9 Å². The van der Waals surface area contributed by atoms with Gasteiger partial charge in [0.1, 0.15) is 0 Å². The average molecular weight is 355 g/mol. The maximum absolute atomic E-state index is 12.8. The zero-order valence-electron chi connectivity index (χ0n) is 15.5. The zero-order chi connectivity index (χ0) is 18.5. The van der Waals surface area contributed by atoms with E-state index in [4.69, 9.17) is 4.74 Å². The summed E-state index contributed by atoms with van der Waals surface area (Å²) >= 11 is 0. The van der Waals surface area contributed by atoms with E-state index in [1.54, 1.807) is 0 Å². The van der Waals surface area contributed by atoms with E-state index < -0.39 is 11.9 Å². The minimum Gasteiger partial charge on any atom is -0.368 e. The van der Waals surface area contributed by atoms with E-state index in [0.717, 1.165) is 25.5 Å². The molecule has 0 heterocycles. The predicted octanol–water partition coefficient (Wildman–Crippen LogP) is 5.20. The van der Waals surface area contributed by atoms with Gasteiger partial charge in [-0.1, -0.05) is 51.1 Å². The van der Waals surface area contributed by atoms with Crippen molar-refractivity contribution in [3.05, 3.63) is 35.9 Å². The van der Waals surface area contributed by atoms with Gasteiger partial charge in [-0.3, -0.25) is 0 Å². The van der Waals surface area contributed by atoms with Crippen molar-refractivity contribution in [1.29, 1.82) is 0 Å². The van der Waals surface area contributed by atoms with Crippen LogP contribution in [-0.4, -0.2) is 31.4 Å². The van der Waals surface area contributed by atoms with Crippen molar-refractivity contribution in [3.63, 3.8) is 0 Å². The molecule has 0 saturated heterocycles. The highest BCUT2D eigenvalue weighted by molar-refractivity contribution is 5.32. The van der Waals surface area contributed by atoms with Crippen LogP contribution in [0.5, 0.6) is 0 Å². The van der Waals surface area contributed by atoms with Crippen molar-refractivity contribution >= 4 is 0 Å². The van der Waals surface area contributed by atoms with Gasteiger partial charge < -0.3 is 4.74 Å². The summed E-state index contributed by atoms with van der Waals surface area (Å²) in [5.74, 6) is 0.540. The van der Waals surface area contributed by atoms with Gasteiger partial charge in [0.15, 0.2) is 0 Å². The van der Waals surface area contributed by atoms with Gasteiger partial charge in [0.05, 0.1) is 12.2 Å². The standard InChI is InChI=1S/C20H28F3NO/c1-17(2)16-10-11-18(17,3)19(14-16,15-8-6-5-7-9-15)25-13-12-24(4)20(21,22)23/h5-9,16H,10-14H2,1-4H3. The molecule has 0 spiro atoms. The normalized spacial score (nSPS) is 34.0. The van der Waals surface area contributed by atoms with Crippen LogP contribution in [0.3, 0.4) is 0 Å². The lowest BCUT2D eigenvalue weighted by molar-refractivity contribution is -0.244. The topological polar surface area (TPSA) is 12.5 Å². The van der Waals surface area contributed by atoms with Gasteiger partial charge in [-0.2, -0.15) is 13.2 Å². The van der Waals surface area contributed by atoms with Crippen LogP contribution < -0.4 is 0 Å². The molecule has 0 radical (unpaired) electrons. The van der Waals surface area contributed by atoms with Gasteiger partial charge >= 0.3 is 6.30 Å². The monoisotopic (exact) mass is 355 g/mol. The highest BCUT2D eigenvalue weighted by atomic mass is 19.4. The summed E-state index contributed by atoms with van der Waals surface area (Å²) in [6, 6.07) is 10.1. The molecule has 2 aliphatic rings. The van der Waals surface area contributed by atoms with E-state index >= 15 is 0 Å². The maximum Gasteiger partial charge on any atom is 0.459 e. The minimum atomic E-state index is -4.32. The Labute approximate surface area is 148 Å². The van der Waals surface area contributed by atoms with E-state index in [2.05, 4.69) is 32.9 Å². The van der Waals surface area contributed by atoms with Crippen LogP contribution in [0.25, 0.3) is 0 Å². The van der Waals surface area contributed by atoms with Crippen molar-refractivity contribution in [1.82, 2.24) is 4.90 Å². The van der Waals surface area contributed by atoms with Crippen LogP contribution in [0.4, 0.5) is 13.2 Å². The first-order valence-corrected chi connectivity index (χ1v) is 9.02. The molecule has 0 N–H and O–H groups in total. The summed E-state index contributed by atoms with van der Waals surface area (Å²) in [7, 11) is 1.07. The Morgan fingerprint density at radius 1 is 1.16 bits per heavy atom. The van der Waals surface area contributed by atoms with Crippen molar-refractivity contribution in [3.8, 4) is 0 Å². The quantitative estimate of drug-likeness (QED) is 0.674. The van der Waals surface area contributed by atoms with Crippen LogP contribution in [0, 0.1) is 16.7 Å². The lowest BCUT2D eigenvalue weighted by Gasteiger charge is -2.49. The van der Waals surface area contributed by atoms with Gasteiger partial charge in [-0.15, -0.1) is 0 Å². The number of rotatable bonds is 5. The van der Waals surface area contributed by atoms with E-state index in [1.807, 2.05) is 18.2 Å². The smallest absolute Gasteiger partial charge is 0.368 e. The molecule has 0 amide bonds. The molecule has 2 bridgehead atoms. The molecule has 25 heavy (non-hydrogen) atoms. The molecule has 3 unspecified atom stereocenters. The van der Waals surface area contributed by atoms with E-state index in [-0.39, 0.29) is 24.0 Å². The number of likely N-dealkylation sites (N-methyl/N-ethyl adjacent to an activating group) is 1. The fourth-order valence-corrected chi connectivity index (χ4v) is 5.18. The number of alkyl halides is 3. The summed E-state index contributed by atoms with van der Waals surface area (Å²) < 4.78 is 44.7. The molecule has 1 aromatic carbocycles. The average Bonchev–Trinajstić information content (AvgIpc) is 2.87. The molecule has 2 nitrogen and oxygen atoms in total. The van der Waals surface area contributed by atoms with Gasteiger partial charge in [-0.25, -0.2) is 4.90 Å². The van der Waals surface area contributed by atoms with E-state index in [9.17, 15) is 13.2 Å². The molecule has 2 saturated carbocycles. The molecular weight excluding hydrogens is 327 g/mol. The Morgan fingerprint density at radius 2 is 1.80 bits per heavy atom. The van der Waals surface area contributed by atoms with Crippen LogP contribution in [0.1, 0.15) is 45.6 Å². The highest BCUT2D eigenvalue weighted by Gasteiger charge is 2.69. The maximum atomic E-state index is 12.8. The molecule has 1 aromatic rings. The summed E-state index contributed by atoms with van der Waals surface area (Å²) in [6.45, 7) is 6.77. The van der Waals surface area contributed by atoms with Crippen molar-refractivity contribution in [2.24, 2.45) is 16.7 Å². The molecule has 2 fully saturated rings. The van der Waals surface area contributed by atoms with Gasteiger partial charge in [0, 0.05) is 12.0 Å². The van der Waals surface area contributed by atoms with Gasteiger partial charge in [0.2, 0.25) is 0 Å². The van der Waals surface area contributed by atoms with Crippen LogP contribution in [0.2, 0.25) is 0 Å². The lowest BCUT2D eigenvalue weighted by atomic mass is 9.62. The number of hydrogen-bond acceptors (Lipinski definition) is 2. The second kappa shape index (κ2) is 5.98. The number of ether oxygens (including phenoxy) is 1. The van der Waals surface area contributed by atoms with Crippen molar-refractivity contribution in [2.45, 2.75) is 51.9 Å². The summed E-state index contributed by atoms with van der Waals surface area (Å²) in [5.41, 5.74) is 0.622. The molecule has 140 valence electrons. The third-order valence-electron chi connectivity index (χ3n) is 7.31. The second-order valence-electron chi connectivity index (χ2n) is 8.42. The molecule has 0 aromatic heterocycles. The first-order valence-electron chi connectivity index (χ1n) is 9.02. The summed E-state index contributed by atoms with van der Waals surface area (Å²) in [5, 5.41) is 0. The molecule has 2 aliphatic carbocycles. The molecule has 5 heteroatoms. The van der Waals surface area contributed by atoms with Crippen LogP contribution >= 0.6 is 0 Å². The Bertz CT molecular complexity index is 615. The van der Waals surface area contributed by atoms with Gasteiger partial charge in [-0.05, 0) is 43.2 Å². The number of halogens is 3. The van der Waals surface area contributed by atoms with Crippen LogP contribution in [0.15, 0.2) is 30.3 Å².